The zero-order chi connectivity index (χ0) is 27.5. The second-order valence-electron chi connectivity index (χ2n) is 12.8. The van der Waals surface area contributed by atoms with Gasteiger partial charge in [-0.15, -0.1) is 0 Å². The summed E-state index contributed by atoms with van der Waals surface area (Å²) < 4.78 is 9.30. The van der Waals surface area contributed by atoms with E-state index < -0.39 is 11.0 Å². The van der Waals surface area contributed by atoms with Crippen LogP contribution >= 0.6 is 12.2 Å². The molecular weight excluding hydrogens is 530 g/mol. The third kappa shape index (κ3) is 3.10. The molecule has 6 nitrogen and oxygen atoms in total. The van der Waals surface area contributed by atoms with E-state index in [1.807, 2.05) is 12.1 Å². The van der Waals surface area contributed by atoms with Crippen LogP contribution in [0.2, 0.25) is 0 Å². The van der Waals surface area contributed by atoms with E-state index in [0.717, 1.165) is 59.9 Å². The number of ether oxygens (including phenoxy) is 1. The molecule has 41 heavy (non-hydrogen) atoms. The number of para-hydroxylation sites is 1. The highest BCUT2D eigenvalue weighted by atomic mass is 32.1. The molecule has 2 aliphatic heterocycles. The van der Waals surface area contributed by atoms with Gasteiger partial charge in [0.25, 0.3) is 0 Å². The smallest absolute Gasteiger partial charge is 0.166 e. The minimum Gasteiger partial charge on any atom is -0.504 e. The first-order chi connectivity index (χ1) is 20.0. The van der Waals surface area contributed by atoms with Gasteiger partial charge in [-0.05, 0) is 91.3 Å². The van der Waals surface area contributed by atoms with Crippen LogP contribution < -0.4 is 4.74 Å². The molecule has 3 aromatic carbocycles. The molecule has 2 fully saturated rings. The summed E-state index contributed by atoms with van der Waals surface area (Å²) >= 11 is 4.78. The van der Waals surface area contributed by atoms with Gasteiger partial charge in [0.1, 0.15) is 0 Å². The van der Waals surface area contributed by atoms with Crippen LogP contribution in [0.15, 0.2) is 65.7 Å². The number of aromatic hydroxyl groups is 1. The highest BCUT2D eigenvalue weighted by Crippen LogP contribution is 2.69. The SMILES string of the molecule is Oc1ccc2c3c1O[C@H]1c4c(c5ccccc5n4Cc4ccc(N=C=S)cc4)C[C@@]4(O)[C@H](C2)N(CC2CC2)CC[C@]314. The molecule has 0 amide bonds. The number of hydrogen-bond donors (Lipinski definition) is 2. The summed E-state index contributed by atoms with van der Waals surface area (Å²) in [5, 5.41) is 27.9. The van der Waals surface area contributed by atoms with E-state index in [2.05, 4.69) is 62.1 Å². The first kappa shape index (κ1) is 24.2. The fraction of sp³-hybridized carbons (Fsp3) is 0.382. The van der Waals surface area contributed by atoms with E-state index in [9.17, 15) is 10.2 Å². The number of hydrogen-bond acceptors (Lipinski definition) is 6. The highest BCUT2D eigenvalue weighted by Gasteiger charge is 2.73. The molecule has 3 heterocycles. The van der Waals surface area contributed by atoms with Crippen molar-refractivity contribution in [1.82, 2.24) is 9.47 Å². The van der Waals surface area contributed by atoms with E-state index in [-0.39, 0.29) is 17.9 Å². The molecule has 2 bridgehead atoms. The number of likely N-dealkylation sites (tertiary alicyclic amines) is 1. The molecule has 0 radical (unpaired) electrons. The van der Waals surface area contributed by atoms with Gasteiger partial charge in [-0.1, -0.05) is 36.4 Å². The van der Waals surface area contributed by atoms with Crippen LogP contribution in [0.5, 0.6) is 11.5 Å². The van der Waals surface area contributed by atoms with Crippen molar-refractivity contribution in [3.63, 3.8) is 0 Å². The van der Waals surface area contributed by atoms with Crippen LogP contribution in [0.25, 0.3) is 10.9 Å². The third-order valence-corrected chi connectivity index (χ3v) is 10.9. The zero-order valence-electron chi connectivity index (χ0n) is 22.7. The van der Waals surface area contributed by atoms with Gasteiger partial charge in [0.15, 0.2) is 17.6 Å². The second kappa shape index (κ2) is 8.30. The first-order valence-electron chi connectivity index (χ1n) is 14.8. The van der Waals surface area contributed by atoms with E-state index in [4.69, 9.17) is 17.0 Å². The number of aliphatic hydroxyl groups is 1. The predicted molar refractivity (Wildman–Crippen MR) is 160 cm³/mol. The number of nitrogens with zero attached hydrogens (tertiary/aromatic N) is 3. The maximum Gasteiger partial charge on any atom is 0.166 e. The molecule has 1 spiro atoms. The van der Waals surface area contributed by atoms with E-state index in [1.165, 1.54) is 29.4 Å². The summed E-state index contributed by atoms with van der Waals surface area (Å²) in [5.74, 6) is 1.50. The minimum atomic E-state index is -0.987. The summed E-state index contributed by atoms with van der Waals surface area (Å²) in [5.41, 5.74) is 6.08. The largest absolute Gasteiger partial charge is 0.504 e. The Balaban J connectivity index is 1.27. The van der Waals surface area contributed by atoms with Gasteiger partial charge in [0.2, 0.25) is 0 Å². The number of rotatable bonds is 5. The Bertz CT molecular complexity index is 1800. The van der Waals surface area contributed by atoms with Crippen LogP contribution in [0.1, 0.15) is 53.3 Å². The molecule has 0 unspecified atom stereocenters. The molecule has 4 atom stereocenters. The van der Waals surface area contributed by atoms with E-state index in [0.29, 0.717) is 18.7 Å². The molecule has 4 aromatic rings. The van der Waals surface area contributed by atoms with Crippen LogP contribution in [-0.4, -0.2) is 49.6 Å². The van der Waals surface area contributed by atoms with Crippen LogP contribution in [0.4, 0.5) is 5.69 Å². The lowest BCUT2D eigenvalue weighted by Gasteiger charge is -2.63. The summed E-state index contributed by atoms with van der Waals surface area (Å²) in [6.45, 7) is 2.67. The Morgan fingerprint density at radius 3 is 2.71 bits per heavy atom. The zero-order valence-corrected chi connectivity index (χ0v) is 23.5. The Kier molecular flexibility index (Phi) is 4.89. The van der Waals surface area contributed by atoms with Crippen molar-refractivity contribution in [2.24, 2.45) is 10.9 Å². The van der Waals surface area contributed by atoms with Crippen molar-refractivity contribution in [3.8, 4) is 11.5 Å². The maximum absolute atomic E-state index is 13.2. The maximum atomic E-state index is 13.2. The monoisotopic (exact) mass is 561 g/mol. The molecule has 9 rings (SSSR count). The van der Waals surface area contributed by atoms with Gasteiger partial charge < -0.3 is 19.5 Å². The Labute approximate surface area is 243 Å². The van der Waals surface area contributed by atoms with Gasteiger partial charge in [-0.2, -0.15) is 4.99 Å². The van der Waals surface area contributed by atoms with E-state index in [1.54, 1.807) is 6.07 Å². The Morgan fingerprint density at radius 1 is 1.07 bits per heavy atom. The van der Waals surface area contributed by atoms with Gasteiger partial charge in [0, 0.05) is 42.0 Å². The molecule has 1 saturated carbocycles. The summed E-state index contributed by atoms with van der Waals surface area (Å²) in [6.07, 6.45) is 4.39. The molecule has 5 aliphatic rings. The Morgan fingerprint density at radius 2 is 1.90 bits per heavy atom. The number of fused-ring (bicyclic) bond motifs is 4. The normalized spacial score (nSPS) is 29.0. The summed E-state index contributed by atoms with van der Waals surface area (Å²) in [6, 6.07) is 20.6. The fourth-order valence-corrected chi connectivity index (χ4v) is 8.99. The van der Waals surface area contributed by atoms with Crippen LogP contribution in [0, 0.1) is 5.92 Å². The summed E-state index contributed by atoms with van der Waals surface area (Å²) in [4.78, 5) is 6.70. The molecule has 1 aromatic heterocycles. The van der Waals surface area contributed by atoms with Gasteiger partial charge in [0.05, 0.1) is 27.6 Å². The molecule has 3 aliphatic carbocycles. The number of aliphatic imine (C=N–C) groups is 1. The first-order valence-corrected chi connectivity index (χ1v) is 15.2. The van der Waals surface area contributed by atoms with E-state index >= 15 is 0 Å². The number of phenols is 1. The number of aromatic nitrogens is 1. The van der Waals surface area contributed by atoms with Crippen molar-refractivity contribution >= 4 is 34.0 Å². The molecule has 206 valence electrons. The number of piperidine rings is 1. The predicted octanol–water partition coefficient (Wildman–Crippen LogP) is 5.83. The number of phenolic OH excluding ortho intramolecular Hbond substituents is 1. The Hall–Kier alpha value is -3.48. The van der Waals surface area contributed by atoms with Crippen molar-refractivity contribution in [1.29, 1.82) is 0 Å². The second-order valence-corrected chi connectivity index (χ2v) is 12.9. The molecular formula is C34H31N3O3S. The molecule has 2 N–H and O–H groups in total. The fourth-order valence-electron chi connectivity index (χ4n) is 8.88. The highest BCUT2D eigenvalue weighted by molar-refractivity contribution is 7.78. The summed E-state index contributed by atoms with van der Waals surface area (Å²) in [7, 11) is 0. The van der Waals surface area contributed by atoms with Crippen molar-refractivity contribution in [3.05, 3.63) is 88.6 Å². The van der Waals surface area contributed by atoms with Crippen LogP contribution in [-0.2, 0) is 24.8 Å². The lowest BCUT2D eigenvalue weighted by atomic mass is 9.49. The van der Waals surface area contributed by atoms with Crippen molar-refractivity contribution in [2.45, 2.75) is 61.8 Å². The lowest BCUT2D eigenvalue weighted by Crippen LogP contribution is -2.74. The third-order valence-electron chi connectivity index (χ3n) is 10.8. The molecule has 1 saturated heterocycles. The minimum absolute atomic E-state index is 0.0236. The van der Waals surface area contributed by atoms with Gasteiger partial charge >= 0.3 is 0 Å². The molecule has 7 heteroatoms. The lowest BCUT2D eigenvalue weighted by molar-refractivity contribution is -0.173. The quantitative estimate of drug-likeness (QED) is 0.237. The number of thiocarbonyl (C=S) groups is 1. The van der Waals surface area contributed by atoms with Gasteiger partial charge in [-0.3, -0.25) is 4.90 Å². The average molecular weight is 562 g/mol. The van der Waals surface area contributed by atoms with Crippen molar-refractivity contribution < 1.29 is 14.9 Å². The standard InChI is InChI=1S/C34H31N3O3S/c38-27-12-9-22-15-28-34(39)16-25-24-3-1-2-4-26(24)37(18-21-7-10-23(11-8-21)35-19-41)30(25)32-33(34,29(22)31(27)40-32)13-14-36(28)17-20-5-6-20/h1-4,7-12,20,28,32,38-39H,5-6,13-18H2/t28-,32-,33-,34+/m0/s1. The van der Waals surface area contributed by atoms with Gasteiger partial charge in [-0.25, -0.2) is 0 Å². The number of benzene rings is 3. The van der Waals surface area contributed by atoms with Crippen LogP contribution in [0.3, 0.4) is 0 Å². The average Bonchev–Trinajstić information content (AvgIpc) is 3.65. The topological polar surface area (TPSA) is 70.2 Å². The number of isothiocyanates is 1. The van der Waals surface area contributed by atoms with Crippen molar-refractivity contribution in [2.75, 3.05) is 13.1 Å².